The highest BCUT2D eigenvalue weighted by molar-refractivity contribution is 5.52. The molecule has 0 spiro atoms. The first kappa shape index (κ1) is 15.3. The van der Waals surface area contributed by atoms with Crippen molar-refractivity contribution in [1.82, 2.24) is 0 Å². The van der Waals surface area contributed by atoms with Gasteiger partial charge in [-0.1, -0.05) is 18.2 Å². The average Bonchev–Trinajstić information content (AvgIpc) is 2.47. The Balaban J connectivity index is 2.22. The van der Waals surface area contributed by atoms with Gasteiger partial charge < -0.3 is 10.2 Å². The second-order valence-electron chi connectivity index (χ2n) is 5.41. The predicted octanol–water partition coefficient (Wildman–Crippen LogP) is 4.51. The summed E-state index contributed by atoms with van der Waals surface area (Å²) in [7, 11) is 3.93. The van der Waals surface area contributed by atoms with E-state index in [0.717, 1.165) is 11.3 Å². The van der Waals surface area contributed by atoms with Crippen LogP contribution >= 0.6 is 0 Å². The lowest BCUT2D eigenvalue weighted by molar-refractivity contribution is 0.579. The zero-order valence-electron chi connectivity index (χ0n) is 12.7. The zero-order chi connectivity index (χ0) is 15.6. The molecule has 1 unspecified atom stereocenters. The number of aryl methyl sites for hydroxylation is 1. The van der Waals surface area contributed by atoms with Crippen molar-refractivity contribution in [1.29, 1.82) is 0 Å². The minimum atomic E-state index is -0.574. The quantitative estimate of drug-likeness (QED) is 0.891. The topological polar surface area (TPSA) is 15.3 Å². The Morgan fingerprint density at radius 3 is 2.19 bits per heavy atom. The Morgan fingerprint density at radius 1 is 1.00 bits per heavy atom. The van der Waals surface area contributed by atoms with Crippen LogP contribution in [0.3, 0.4) is 0 Å². The highest BCUT2D eigenvalue weighted by Gasteiger charge is 2.14. The molecule has 0 aliphatic carbocycles. The number of halogens is 2. The molecule has 0 aliphatic heterocycles. The number of nitrogens with one attached hydrogen (secondary N) is 1. The van der Waals surface area contributed by atoms with Gasteiger partial charge in [0.1, 0.15) is 11.5 Å². The number of rotatable bonds is 4. The van der Waals surface area contributed by atoms with Crippen molar-refractivity contribution in [2.45, 2.75) is 19.9 Å². The molecule has 112 valence electrons. The summed E-state index contributed by atoms with van der Waals surface area (Å²) in [6, 6.07) is 10.4. The molecule has 1 atom stereocenters. The summed E-state index contributed by atoms with van der Waals surface area (Å²) in [5.41, 5.74) is 2.41. The minimum absolute atomic E-state index is 0.0702. The summed E-state index contributed by atoms with van der Waals surface area (Å²) >= 11 is 0. The smallest absolute Gasteiger partial charge is 0.152 e. The lowest BCUT2D eigenvalue weighted by Crippen LogP contribution is -2.11. The monoisotopic (exact) mass is 290 g/mol. The number of anilines is 2. The van der Waals surface area contributed by atoms with E-state index >= 15 is 0 Å². The molecule has 21 heavy (non-hydrogen) atoms. The molecule has 4 heteroatoms. The summed E-state index contributed by atoms with van der Waals surface area (Å²) in [5.74, 6) is -1.11. The molecule has 2 nitrogen and oxygen atoms in total. The second kappa shape index (κ2) is 6.12. The molecule has 2 aromatic carbocycles. The van der Waals surface area contributed by atoms with E-state index in [4.69, 9.17) is 0 Å². The van der Waals surface area contributed by atoms with Gasteiger partial charge in [0, 0.05) is 25.8 Å². The third-order valence-corrected chi connectivity index (χ3v) is 3.55. The summed E-state index contributed by atoms with van der Waals surface area (Å²) in [4.78, 5) is 2.00. The fourth-order valence-corrected chi connectivity index (χ4v) is 2.15. The molecule has 0 saturated heterocycles. The Labute approximate surface area is 124 Å². The van der Waals surface area contributed by atoms with Crippen molar-refractivity contribution in [3.8, 4) is 0 Å². The van der Waals surface area contributed by atoms with Crippen LogP contribution < -0.4 is 10.2 Å². The summed E-state index contributed by atoms with van der Waals surface area (Å²) in [5, 5.41) is 2.92. The van der Waals surface area contributed by atoms with E-state index in [1.807, 2.05) is 50.2 Å². The highest BCUT2D eigenvalue weighted by Crippen LogP contribution is 2.27. The molecule has 0 aromatic heterocycles. The molecule has 0 saturated carbocycles. The van der Waals surface area contributed by atoms with Crippen molar-refractivity contribution in [2.24, 2.45) is 0 Å². The van der Waals surface area contributed by atoms with E-state index in [1.54, 1.807) is 6.92 Å². The van der Waals surface area contributed by atoms with E-state index < -0.39 is 11.6 Å². The molecule has 0 fully saturated rings. The Bertz CT molecular complexity index is 621. The lowest BCUT2D eigenvalue weighted by Gasteiger charge is -2.19. The van der Waals surface area contributed by atoms with Gasteiger partial charge in [0.2, 0.25) is 0 Å². The number of hydrogen-bond donors (Lipinski definition) is 1. The van der Waals surface area contributed by atoms with Crippen LogP contribution in [-0.4, -0.2) is 14.1 Å². The van der Waals surface area contributed by atoms with Crippen LogP contribution in [0, 0.1) is 18.6 Å². The van der Waals surface area contributed by atoms with Crippen LogP contribution in [0.5, 0.6) is 0 Å². The van der Waals surface area contributed by atoms with Crippen molar-refractivity contribution in [3.63, 3.8) is 0 Å². The lowest BCUT2D eigenvalue weighted by atomic mass is 10.1. The number of hydrogen-bond acceptors (Lipinski definition) is 2. The van der Waals surface area contributed by atoms with E-state index in [9.17, 15) is 8.78 Å². The first-order chi connectivity index (χ1) is 9.90. The summed E-state index contributed by atoms with van der Waals surface area (Å²) < 4.78 is 27.8. The summed E-state index contributed by atoms with van der Waals surface area (Å²) in [6.45, 7) is 3.50. The zero-order valence-corrected chi connectivity index (χ0v) is 12.7. The van der Waals surface area contributed by atoms with Gasteiger partial charge in [0.15, 0.2) is 5.82 Å². The van der Waals surface area contributed by atoms with Gasteiger partial charge >= 0.3 is 0 Å². The molecule has 2 aromatic rings. The largest absolute Gasteiger partial charge is 0.378 e. The van der Waals surface area contributed by atoms with E-state index in [-0.39, 0.29) is 11.7 Å². The third kappa shape index (κ3) is 3.32. The molecule has 1 N–H and O–H groups in total. The predicted molar refractivity (Wildman–Crippen MR) is 83.9 cm³/mol. The molecule has 2 rings (SSSR count). The third-order valence-electron chi connectivity index (χ3n) is 3.55. The molecule has 0 aliphatic rings. The van der Waals surface area contributed by atoms with E-state index in [0.29, 0.717) is 5.56 Å². The normalized spacial score (nSPS) is 12.1. The maximum atomic E-state index is 14.0. The number of benzene rings is 2. The van der Waals surface area contributed by atoms with Gasteiger partial charge in [-0.2, -0.15) is 0 Å². The SMILES string of the molecule is Cc1ccc(F)c(NC(C)c2ccc(N(C)C)cc2)c1F. The average molecular weight is 290 g/mol. The minimum Gasteiger partial charge on any atom is -0.378 e. The van der Waals surface area contributed by atoms with Crippen LogP contribution in [0.2, 0.25) is 0 Å². The maximum Gasteiger partial charge on any atom is 0.152 e. The van der Waals surface area contributed by atoms with Gasteiger partial charge in [0.05, 0.1) is 0 Å². The molecular weight excluding hydrogens is 270 g/mol. The molecule has 0 radical (unpaired) electrons. The van der Waals surface area contributed by atoms with Gasteiger partial charge in [0.25, 0.3) is 0 Å². The van der Waals surface area contributed by atoms with Gasteiger partial charge in [-0.15, -0.1) is 0 Å². The maximum absolute atomic E-state index is 14.0. The van der Waals surface area contributed by atoms with E-state index in [2.05, 4.69) is 5.32 Å². The van der Waals surface area contributed by atoms with Gasteiger partial charge in [-0.3, -0.25) is 0 Å². The summed E-state index contributed by atoms with van der Waals surface area (Å²) in [6.07, 6.45) is 0. The Hall–Kier alpha value is -2.10. The van der Waals surface area contributed by atoms with Crippen LogP contribution in [0.15, 0.2) is 36.4 Å². The van der Waals surface area contributed by atoms with Crippen LogP contribution in [0.1, 0.15) is 24.1 Å². The fourth-order valence-electron chi connectivity index (χ4n) is 2.15. The van der Waals surface area contributed by atoms with Crippen molar-refractivity contribution in [2.75, 3.05) is 24.3 Å². The molecular formula is C17H20F2N2. The first-order valence-corrected chi connectivity index (χ1v) is 6.88. The van der Waals surface area contributed by atoms with Crippen LogP contribution in [0.25, 0.3) is 0 Å². The molecule has 0 bridgehead atoms. The van der Waals surface area contributed by atoms with Crippen molar-refractivity contribution in [3.05, 3.63) is 59.2 Å². The van der Waals surface area contributed by atoms with Gasteiger partial charge in [-0.05, 0) is 43.2 Å². The molecule has 0 heterocycles. The molecule has 0 amide bonds. The highest BCUT2D eigenvalue weighted by atomic mass is 19.1. The van der Waals surface area contributed by atoms with Crippen molar-refractivity contribution >= 4 is 11.4 Å². The second-order valence-corrected chi connectivity index (χ2v) is 5.41. The van der Waals surface area contributed by atoms with Gasteiger partial charge in [-0.25, -0.2) is 8.78 Å². The standard InChI is InChI=1S/C17H20F2N2/c1-11-5-10-15(18)17(16(11)19)20-12(2)13-6-8-14(9-7-13)21(3)4/h5-10,12,20H,1-4H3. The van der Waals surface area contributed by atoms with Crippen LogP contribution in [0.4, 0.5) is 20.2 Å². The van der Waals surface area contributed by atoms with E-state index in [1.165, 1.54) is 12.1 Å². The van der Waals surface area contributed by atoms with Crippen molar-refractivity contribution < 1.29 is 8.78 Å². The fraction of sp³-hybridized carbons (Fsp3) is 0.294. The van der Waals surface area contributed by atoms with Crippen LogP contribution in [-0.2, 0) is 0 Å². The number of nitrogens with zero attached hydrogens (tertiary/aromatic N) is 1. The Kier molecular flexibility index (Phi) is 4.46. The Morgan fingerprint density at radius 2 is 1.62 bits per heavy atom. The first-order valence-electron chi connectivity index (χ1n) is 6.88.